The molecule has 3 nitrogen and oxygen atoms in total. The summed E-state index contributed by atoms with van der Waals surface area (Å²) in [6.07, 6.45) is 2.11. The van der Waals surface area contributed by atoms with Crippen molar-refractivity contribution in [3.63, 3.8) is 0 Å². The van der Waals surface area contributed by atoms with Gasteiger partial charge in [0.25, 0.3) is 0 Å². The lowest BCUT2D eigenvalue weighted by Gasteiger charge is -2.22. The topological polar surface area (TPSA) is 32.7 Å². The summed E-state index contributed by atoms with van der Waals surface area (Å²) in [4.78, 5) is 2.06. The molecule has 92 valence electrons. The fraction of sp³-hybridized carbons (Fsp3) is 0.385. The van der Waals surface area contributed by atoms with E-state index < -0.39 is 0 Å². The number of benzene rings is 1. The summed E-state index contributed by atoms with van der Waals surface area (Å²) in [5, 5.41) is 9.57. The van der Waals surface area contributed by atoms with Crippen molar-refractivity contribution in [2.45, 2.75) is 0 Å². The minimum absolute atomic E-state index is 0.174. The fourth-order valence-corrected chi connectivity index (χ4v) is 2.06. The van der Waals surface area contributed by atoms with Crippen LogP contribution in [0.15, 0.2) is 23.8 Å². The molecule has 4 heteroatoms. The Morgan fingerprint density at radius 1 is 1.47 bits per heavy atom. The van der Waals surface area contributed by atoms with Crippen LogP contribution in [0.3, 0.4) is 0 Å². The third-order valence-corrected chi connectivity index (χ3v) is 2.93. The lowest BCUT2D eigenvalue weighted by atomic mass is 10.1. The molecular weight excluding hydrogens is 238 g/mol. The van der Waals surface area contributed by atoms with Crippen molar-refractivity contribution in [3.05, 3.63) is 34.4 Å². The van der Waals surface area contributed by atoms with Crippen molar-refractivity contribution in [2.75, 3.05) is 33.4 Å². The molecule has 0 saturated heterocycles. The second-order valence-electron chi connectivity index (χ2n) is 4.23. The maximum Gasteiger partial charge on any atom is 0.127 e. The first kappa shape index (κ1) is 12.4. The van der Waals surface area contributed by atoms with Gasteiger partial charge in [-0.15, -0.1) is 0 Å². The number of fused-ring (bicyclic) bond motifs is 1. The highest BCUT2D eigenvalue weighted by atomic mass is 35.5. The molecule has 0 unspecified atom stereocenters. The first-order valence-electron chi connectivity index (χ1n) is 5.60. The molecule has 0 saturated carbocycles. The van der Waals surface area contributed by atoms with Crippen LogP contribution in [0.5, 0.6) is 5.75 Å². The Balaban J connectivity index is 2.11. The van der Waals surface area contributed by atoms with E-state index in [1.807, 2.05) is 25.2 Å². The number of aliphatic hydroxyl groups is 1. The van der Waals surface area contributed by atoms with E-state index in [0.29, 0.717) is 18.2 Å². The quantitative estimate of drug-likeness (QED) is 0.891. The Labute approximate surface area is 106 Å². The van der Waals surface area contributed by atoms with Gasteiger partial charge >= 0.3 is 0 Å². The molecule has 17 heavy (non-hydrogen) atoms. The number of likely N-dealkylation sites (N-methyl/N-ethyl adjacent to an activating group) is 1. The molecule has 1 aromatic carbocycles. The first-order chi connectivity index (χ1) is 8.19. The van der Waals surface area contributed by atoms with Gasteiger partial charge in [0.1, 0.15) is 12.4 Å². The van der Waals surface area contributed by atoms with E-state index >= 15 is 0 Å². The predicted octanol–water partition coefficient (Wildman–Crippen LogP) is 2.04. The standard InChI is InChI=1S/C13H16ClNO2/c1-15(4-5-16)8-10-6-11-7-12(14)2-3-13(11)17-9-10/h2-3,6-7,16H,4-5,8-9H2,1H3. The molecule has 0 atom stereocenters. The highest BCUT2D eigenvalue weighted by molar-refractivity contribution is 6.30. The van der Waals surface area contributed by atoms with Gasteiger partial charge in [-0.05, 0) is 36.9 Å². The fourth-order valence-electron chi connectivity index (χ4n) is 1.88. The van der Waals surface area contributed by atoms with Crippen LogP contribution in [0.2, 0.25) is 5.02 Å². The number of halogens is 1. The molecule has 0 aliphatic carbocycles. The smallest absolute Gasteiger partial charge is 0.127 e. The van der Waals surface area contributed by atoms with Crippen LogP contribution in [0.25, 0.3) is 6.08 Å². The lowest BCUT2D eigenvalue weighted by molar-refractivity contribution is 0.225. The molecule has 0 aromatic heterocycles. The third-order valence-electron chi connectivity index (χ3n) is 2.70. The van der Waals surface area contributed by atoms with Crippen LogP contribution in [0.4, 0.5) is 0 Å². The maximum absolute atomic E-state index is 8.85. The normalized spacial score (nSPS) is 14.2. The van der Waals surface area contributed by atoms with E-state index in [2.05, 4.69) is 11.0 Å². The molecule has 0 bridgehead atoms. The zero-order valence-electron chi connectivity index (χ0n) is 9.82. The predicted molar refractivity (Wildman–Crippen MR) is 69.5 cm³/mol. The number of hydrogen-bond acceptors (Lipinski definition) is 3. The monoisotopic (exact) mass is 253 g/mol. The van der Waals surface area contributed by atoms with E-state index in [1.54, 1.807) is 0 Å². The summed E-state index contributed by atoms with van der Waals surface area (Å²) < 4.78 is 5.65. The molecular formula is C13H16ClNO2. The number of ether oxygens (including phenoxy) is 1. The van der Waals surface area contributed by atoms with Gasteiger partial charge in [-0.2, -0.15) is 0 Å². The third kappa shape index (κ3) is 3.22. The molecule has 1 N–H and O–H groups in total. The van der Waals surface area contributed by atoms with Crippen LogP contribution in [-0.2, 0) is 0 Å². The summed E-state index contributed by atoms with van der Waals surface area (Å²) in [6.45, 7) is 2.24. The van der Waals surface area contributed by atoms with Crippen molar-refractivity contribution in [1.82, 2.24) is 4.90 Å². The molecule has 0 spiro atoms. The van der Waals surface area contributed by atoms with Gasteiger partial charge in [0.15, 0.2) is 0 Å². The second kappa shape index (κ2) is 5.54. The number of rotatable bonds is 4. The van der Waals surface area contributed by atoms with Crippen molar-refractivity contribution in [2.24, 2.45) is 0 Å². The van der Waals surface area contributed by atoms with E-state index in [4.69, 9.17) is 21.4 Å². The highest BCUT2D eigenvalue weighted by Gasteiger charge is 2.12. The lowest BCUT2D eigenvalue weighted by Crippen LogP contribution is -2.27. The van der Waals surface area contributed by atoms with Gasteiger partial charge in [0, 0.05) is 23.7 Å². The van der Waals surface area contributed by atoms with Gasteiger partial charge in [-0.3, -0.25) is 0 Å². The molecule has 1 heterocycles. The average Bonchev–Trinajstić information content (AvgIpc) is 2.28. The van der Waals surface area contributed by atoms with Crippen LogP contribution in [0.1, 0.15) is 5.56 Å². The second-order valence-corrected chi connectivity index (χ2v) is 4.67. The van der Waals surface area contributed by atoms with Crippen molar-refractivity contribution >= 4 is 17.7 Å². The van der Waals surface area contributed by atoms with E-state index in [0.717, 1.165) is 17.9 Å². The zero-order valence-corrected chi connectivity index (χ0v) is 10.6. The highest BCUT2D eigenvalue weighted by Crippen LogP contribution is 2.28. The van der Waals surface area contributed by atoms with Crippen LogP contribution in [0, 0.1) is 0 Å². The molecule has 1 aliphatic heterocycles. The summed E-state index contributed by atoms with van der Waals surface area (Å²) in [5.41, 5.74) is 2.21. The Hall–Kier alpha value is -1.03. The molecule has 0 radical (unpaired) electrons. The Kier molecular flexibility index (Phi) is 4.05. The van der Waals surface area contributed by atoms with Crippen molar-refractivity contribution in [1.29, 1.82) is 0 Å². The minimum Gasteiger partial charge on any atom is -0.489 e. The number of aliphatic hydroxyl groups excluding tert-OH is 1. The largest absolute Gasteiger partial charge is 0.489 e. The van der Waals surface area contributed by atoms with E-state index in [-0.39, 0.29) is 6.61 Å². The van der Waals surface area contributed by atoms with E-state index in [9.17, 15) is 0 Å². The molecule has 2 rings (SSSR count). The Morgan fingerprint density at radius 2 is 2.29 bits per heavy atom. The van der Waals surface area contributed by atoms with Gasteiger partial charge in [0.05, 0.1) is 6.61 Å². The van der Waals surface area contributed by atoms with Gasteiger partial charge < -0.3 is 14.7 Å². The van der Waals surface area contributed by atoms with Gasteiger partial charge in [-0.25, -0.2) is 0 Å². The molecule has 0 fully saturated rings. The first-order valence-corrected chi connectivity index (χ1v) is 5.98. The zero-order chi connectivity index (χ0) is 12.3. The van der Waals surface area contributed by atoms with Crippen LogP contribution in [-0.4, -0.2) is 43.4 Å². The number of hydrogen-bond donors (Lipinski definition) is 1. The summed E-state index contributed by atoms with van der Waals surface area (Å²) in [5.74, 6) is 0.878. The summed E-state index contributed by atoms with van der Waals surface area (Å²) in [7, 11) is 1.98. The Morgan fingerprint density at radius 3 is 3.06 bits per heavy atom. The van der Waals surface area contributed by atoms with Crippen molar-refractivity contribution < 1.29 is 9.84 Å². The number of nitrogens with zero attached hydrogens (tertiary/aromatic N) is 1. The van der Waals surface area contributed by atoms with Gasteiger partial charge in [0.2, 0.25) is 0 Å². The van der Waals surface area contributed by atoms with Crippen molar-refractivity contribution in [3.8, 4) is 5.75 Å². The van der Waals surface area contributed by atoms with Crippen LogP contribution >= 0.6 is 11.6 Å². The average molecular weight is 254 g/mol. The SMILES string of the molecule is CN(CCO)CC1=Cc2cc(Cl)ccc2OC1. The molecule has 1 aromatic rings. The minimum atomic E-state index is 0.174. The molecule has 1 aliphatic rings. The Bertz CT molecular complexity index is 431. The van der Waals surface area contributed by atoms with Gasteiger partial charge in [-0.1, -0.05) is 11.6 Å². The molecule has 0 amide bonds. The summed E-state index contributed by atoms with van der Waals surface area (Å²) in [6, 6.07) is 5.63. The van der Waals surface area contributed by atoms with E-state index in [1.165, 1.54) is 5.57 Å². The maximum atomic E-state index is 8.85. The summed E-state index contributed by atoms with van der Waals surface area (Å²) >= 11 is 5.95. The van der Waals surface area contributed by atoms with Crippen LogP contribution < -0.4 is 4.74 Å².